The van der Waals surface area contributed by atoms with Gasteiger partial charge in [0.2, 0.25) is 0 Å². The summed E-state index contributed by atoms with van der Waals surface area (Å²) in [6.07, 6.45) is -0.806. The number of ether oxygens (including phenoxy) is 1. The lowest BCUT2D eigenvalue weighted by molar-refractivity contribution is -0.257. The Hall–Kier alpha value is -0.770. The zero-order valence-corrected chi connectivity index (χ0v) is 7.34. The van der Waals surface area contributed by atoms with E-state index in [1.54, 1.807) is 27.7 Å². The Labute approximate surface area is 66.4 Å². The van der Waals surface area contributed by atoms with Crippen molar-refractivity contribution in [1.82, 2.24) is 0 Å². The highest BCUT2D eigenvalue weighted by Gasteiger charge is 2.17. The minimum absolute atomic E-state index is 0.319. The molecule has 0 N–H and O–H groups in total. The summed E-state index contributed by atoms with van der Waals surface area (Å²) in [7, 11) is 0. The average Bonchev–Trinajstić information content (AvgIpc) is 1.79. The third-order valence-electron chi connectivity index (χ3n) is 0.634. The highest BCUT2D eigenvalue weighted by atomic mass is 17.2. The zero-order valence-electron chi connectivity index (χ0n) is 7.34. The average molecular weight is 162 g/mol. The second-order valence-corrected chi connectivity index (χ2v) is 2.95. The van der Waals surface area contributed by atoms with Crippen molar-refractivity contribution in [3.05, 3.63) is 0 Å². The molecule has 4 heteroatoms. The maximum Gasteiger partial charge on any atom is 0.540 e. The molecule has 0 unspecified atom stereocenters. The highest BCUT2D eigenvalue weighted by Crippen LogP contribution is 2.07. The van der Waals surface area contributed by atoms with Gasteiger partial charge in [-0.15, -0.1) is 0 Å². The molecule has 0 aliphatic carbocycles. The maximum atomic E-state index is 10.6. The molecular weight excluding hydrogens is 148 g/mol. The minimum Gasteiger partial charge on any atom is -0.427 e. The van der Waals surface area contributed by atoms with Crippen LogP contribution in [0, 0.1) is 0 Å². The van der Waals surface area contributed by atoms with Gasteiger partial charge in [-0.3, -0.25) is 4.89 Å². The van der Waals surface area contributed by atoms with E-state index in [0.717, 1.165) is 0 Å². The first-order chi connectivity index (χ1) is 4.95. The fourth-order valence-corrected chi connectivity index (χ4v) is 0.374. The molecule has 0 heterocycles. The van der Waals surface area contributed by atoms with Gasteiger partial charge in [-0.25, -0.2) is 4.79 Å². The quantitative estimate of drug-likeness (QED) is 0.353. The summed E-state index contributed by atoms with van der Waals surface area (Å²) in [5.74, 6) is 0. The van der Waals surface area contributed by atoms with Crippen LogP contribution in [0.5, 0.6) is 0 Å². The summed E-state index contributed by atoms with van der Waals surface area (Å²) in [5.41, 5.74) is -0.534. The van der Waals surface area contributed by atoms with Crippen molar-refractivity contribution in [3.8, 4) is 0 Å². The van der Waals surface area contributed by atoms with Crippen molar-refractivity contribution in [2.45, 2.75) is 33.3 Å². The Morgan fingerprint density at radius 2 is 1.91 bits per heavy atom. The normalized spacial score (nSPS) is 10.9. The fraction of sp³-hybridized carbons (Fsp3) is 0.857. The van der Waals surface area contributed by atoms with Gasteiger partial charge in [-0.05, 0) is 27.7 Å². The van der Waals surface area contributed by atoms with Gasteiger partial charge in [0.1, 0.15) is 5.60 Å². The zero-order chi connectivity index (χ0) is 8.91. The number of carbonyl (C=O) groups excluding carboxylic acids is 1. The molecule has 0 spiro atoms. The van der Waals surface area contributed by atoms with Gasteiger partial charge in [0, 0.05) is 0 Å². The van der Waals surface area contributed by atoms with Gasteiger partial charge >= 0.3 is 6.16 Å². The third kappa shape index (κ3) is 7.12. The lowest BCUT2D eigenvalue weighted by Gasteiger charge is -2.17. The largest absolute Gasteiger partial charge is 0.540 e. The Balaban J connectivity index is 3.53. The topological polar surface area (TPSA) is 44.8 Å². The van der Waals surface area contributed by atoms with Crippen molar-refractivity contribution in [1.29, 1.82) is 0 Å². The predicted molar refractivity (Wildman–Crippen MR) is 38.9 cm³/mol. The van der Waals surface area contributed by atoms with Crippen LogP contribution in [0.3, 0.4) is 0 Å². The maximum absolute atomic E-state index is 10.6. The summed E-state index contributed by atoms with van der Waals surface area (Å²) < 4.78 is 4.75. The summed E-state index contributed by atoms with van der Waals surface area (Å²) in [4.78, 5) is 19.2. The van der Waals surface area contributed by atoms with Crippen LogP contribution in [-0.4, -0.2) is 18.4 Å². The predicted octanol–water partition coefficient (Wildman–Crippen LogP) is 1.89. The Bertz CT molecular complexity index is 125. The molecule has 0 radical (unpaired) electrons. The number of rotatable bonds is 2. The molecule has 0 rings (SSSR count). The van der Waals surface area contributed by atoms with Gasteiger partial charge in [-0.2, -0.15) is 4.89 Å². The molecule has 0 saturated heterocycles. The lowest BCUT2D eigenvalue weighted by atomic mass is 10.2. The molecule has 0 aromatic heterocycles. The molecule has 66 valence electrons. The van der Waals surface area contributed by atoms with Crippen LogP contribution in [0.4, 0.5) is 4.79 Å². The van der Waals surface area contributed by atoms with Crippen LogP contribution in [0.1, 0.15) is 27.7 Å². The van der Waals surface area contributed by atoms with Crippen molar-refractivity contribution < 1.29 is 19.3 Å². The first-order valence-electron chi connectivity index (χ1n) is 3.48. The summed E-state index contributed by atoms with van der Waals surface area (Å²) in [6, 6.07) is 0. The molecular formula is C7H14O4. The number of hydrogen-bond acceptors (Lipinski definition) is 4. The van der Waals surface area contributed by atoms with E-state index in [9.17, 15) is 4.79 Å². The van der Waals surface area contributed by atoms with Crippen molar-refractivity contribution in [2.24, 2.45) is 0 Å². The smallest absolute Gasteiger partial charge is 0.427 e. The molecule has 0 fully saturated rings. The molecule has 0 bridgehead atoms. The van der Waals surface area contributed by atoms with Crippen LogP contribution < -0.4 is 0 Å². The number of hydrogen-bond donors (Lipinski definition) is 0. The monoisotopic (exact) mass is 162 g/mol. The summed E-state index contributed by atoms with van der Waals surface area (Å²) >= 11 is 0. The lowest BCUT2D eigenvalue weighted by Crippen LogP contribution is -2.24. The van der Waals surface area contributed by atoms with Crippen LogP contribution in [-0.2, 0) is 14.5 Å². The molecule has 0 saturated carbocycles. The van der Waals surface area contributed by atoms with E-state index in [4.69, 9.17) is 4.74 Å². The van der Waals surface area contributed by atoms with E-state index in [2.05, 4.69) is 9.78 Å². The highest BCUT2D eigenvalue weighted by molar-refractivity contribution is 5.59. The van der Waals surface area contributed by atoms with Gasteiger partial charge in [0.25, 0.3) is 0 Å². The molecule has 0 atom stereocenters. The third-order valence-corrected chi connectivity index (χ3v) is 0.634. The van der Waals surface area contributed by atoms with Gasteiger partial charge in [0.05, 0.1) is 6.61 Å². The molecule has 11 heavy (non-hydrogen) atoms. The van der Waals surface area contributed by atoms with E-state index >= 15 is 0 Å². The van der Waals surface area contributed by atoms with Crippen molar-refractivity contribution in [2.75, 3.05) is 6.61 Å². The molecule has 0 aliphatic rings. The van der Waals surface area contributed by atoms with Gasteiger partial charge in [0.15, 0.2) is 0 Å². The molecule has 0 aromatic carbocycles. The molecule has 0 aliphatic heterocycles. The van der Waals surface area contributed by atoms with Crippen LogP contribution in [0.15, 0.2) is 0 Å². The standard InChI is InChI=1S/C7H14O4/c1-5-9-11-6(8)10-7(2,3)4/h5H2,1-4H3. The fourth-order valence-electron chi connectivity index (χ4n) is 0.374. The minimum atomic E-state index is -0.806. The first-order valence-corrected chi connectivity index (χ1v) is 3.48. The molecule has 4 nitrogen and oxygen atoms in total. The summed E-state index contributed by atoms with van der Waals surface area (Å²) in [5, 5.41) is 0. The van der Waals surface area contributed by atoms with E-state index in [0.29, 0.717) is 6.61 Å². The van der Waals surface area contributed by atoms with Crippen LogP contribution in [0.25, 0.3) is 0 Å². The molecule has 0 aromatic rings. The van der Waals surface area contributed by atoms with Crippen LogP contribution in [0.2, 0.25) is 0 Å². The van der Waals surface area contributed by atoms with E-state index in [1.807, 2.05) is 0 Å². The van der Waals surface area contributed by atoms with Gasteiger partial charge in [-0.1, -0.05) is 0 Å². The van der Waals surface area contributed by atoms with Crippen molar-refractivity contribution in [3.63, 3.8) is 0 Å². The SMILES string of the molecule is CCOOC(=O)OC(C)(C)C. The molecule has 0 amide bonds. The van der Waals surface area contributed by atoms with E-state index < -0.39 is 11.8 Å². The Kier molecular flexibility index (Phi) is 3.89. The Morgan fingerprint density at radius 3 is 2.27 bits per heavy atom. The van der Waals surface area contributed by atoms with E-state index in [-0.39, 0.29) is 0 Å². The second-order valence-electron chi connectivity index (χ2n) is 2.95. The van der Waals surface area contributed by atoms with Crippen molar-refractivity contribution >= 4 is 6.16 Å². The van der Waals surface area contributed by atoms with E-state index in [1.165, 1.54) is 0 Å². The van der Waals surface area contributed by atoms with Crippen LogP contribution >= 0.6 is 0 Å². The Morgan fingerprint density at radius 1 is 1.36 bits per heavy atom. The number of carbonyl (C=O) groups is 1. The first kappa shape index (κ1) is 10.2. The summed E-state index contributed by atoms with van der Waals surface area (Å²) in [6.45, 7) is 7.28. The second kappa shape index (κ2) is 4.18. The van der Waals surface area contributed by atoms with Gasteiger partial charge < -0.3 is 4.74 Å².